The molecule has 146 valence electrons. The fraction of sp³-hybridized carbons (Fsp3) is 0.727. The lowest BCUT2D eigenvalue weighted by atomic mass is 9.45. The van der Waals surface area contributed by atoms with E-state index in [0.717, 1.165) is 12.8 Å². The molecule has 3 saturated carbocycles. The molecule has 0 amide bonds. The van der Waals surface area contributed by atoms with Crippen LogP contribution in [0, 0.1) is 34.5 Å². The molecule has 5 aliphatic rings. The van der Waals surface area contributed by atoms with Crippen molar-refractivity contribution in [2.24, 2.45) is 34.5 Å². The molecule has 1 spiro atoms. The molecular formula is C22H28O5. The van der Waals surface area contributed by atoms with E-state index in [9.17, 15) is 14.7 Å². The van der Waals surface area contributed by atoms with Gasteiger partial charge in [0.05, 0.1) is 17.6 Å². The van der Waals surface area contributed by atoms with Gasteiger partial charge in [-0.15, -0.1) is 0 Å². The van der Waals surface area contributed by atoms with Gasteiger partial charge < -0.3 is 14.6 Å². The van der Waals surface area contributed by atoms with Crippen LogP contribution in [0.1, 0.15) is 40.5 Å². The Hall–Kier alpha value is -1.30. The van der Waals surface area contributed by atoms with Crippen molar-refractivity contribution in [2.75, 3.05) is 0 Å². The molecule has 1 saturated heterocycles. The van der Waals surface area contributed by atoms with E-state index in [4.69, 9.17) is 9.47 Å². The Labute approximate surface area is 159 Å². The molecule has 1 heterocycles. The van der Waals surface area contributed by atoms with Crippen LogP contribution in [0.4, 0.5) is 0 Å². The van der Waals surface area contributed by atoms with E-state index >= 15 is 0 Å². The number of rotatable bonds is 0. The van der Waals surface area contributed by atoms with Gasteiger partial charge in [0.1, 0.15) is 6.10 Å². The third-order valence-corrected chi connectivity index (χ3v) is 8.16. The van der Waals surface area contributed by atoms with Gasteiger partial charge in [-0.3, -0.25) is 9.59 Å². The van der Waals surface area contributed by atoms with Gasteiger partial charge in [-0.1, -0.05) is 26.5 Å². The Morgan fingerprint density at radius 3 is 2.48 bits per heavy atom. The molecule has 0 radical (unpaired) electrons. The molecule has 5 rings (SSSR count). The second kappa shape index (κ2) is 5.00. The maximum absolute atomic E-state index is 13.6. The number of carbonyl (C=O) groups excluding carboxylic acids is 2. The number of ketones is 2. The molecule has 8 unspecified atom stereocenters. The molecule has 4 aliphatic carbocycles. The highest BCUT2D eigenvalue weighted by Crippen LogP contribution is 2.68. The predicted molar refractivity (Wildman–Crippen MR) is 97.5 cm³/mol. The smallest absolute Gasteiger partial charge is 0.170 e. The van der Waals surface area contributed by atoms with Crippen LogP contribution in [0.5, 0.6) is 0 Å². The number of aliphatic hydroxyl groups excluding tert-OH is 1. The predicted octanol–water partition coefficient (Wildman–Crippen LogP) is 2.43. The first-order valence-electron chi connectivity index (χ1n) is 10.0. The molecular weight excluding hydrogens is 344 g/mol. The highest BCUT2D eigenvalue weighted by Gasteiger charge is 2.77. The molecule has 0 aromatic carbocycles. The maximum Gasteiger partial charge on any atom is 0.170 e. The third-order valence-electron chi connectivity index (χ3n) is 8.16. The number of hydrogen-bond acceptors (Lipinski definition) is 5. The van der Waals surface area contributed by atoms with Crippen LogP contribution in [-0.2, 0) is 19.1 Å². The highest BCUT2D eigenvalue weighted by atomic mass is 16.7. The maximum atomic E-state index is 13.6. The summed E-state index contributed by atoms with van der Waals surface area (Å²) < 4.78 is 12.6. The molecule has 8 atom stereocenters. The van der Waals surface area contributed by atoms with E-state index in [-0.39, 0.29) is 41.3 Å². The standard InChI is InChI=1S/C22H28O5/c1-10-11-6-8-13-12-7-9-14(23)20(2,3)15(12)16(24)19-22(13,17(10)25)18(11)26-21(4,5)27-19/h7,9,11-13,15-16,18-19,24H,1,6,8H2,2-5H3. The van der Waals surface area contributed by atoms with Crippen LogP contribution in [0.25, 0.3) is 0 Å². The number of fused-ring (bicyclic) bond motifs is 2. The summed E-state index contributed by atoms with van der Waals surface area (Å²) in [5.41, 5.74) is -0.969. The lowest BCUT2D eigenvalue weighted by Crippen LogP contribution is -2.74. The summed E-state index contributed by atoms with van der Waals surface area (Å²) >= 11 is 0. The van der Waals surface area contributed by atoms with E-state index in [1.54, 1.807) is 6.08 Å². The largest absolute Gasteiger partial charge is 0.390 e. The second-order valence-corrected chi connectivity index (χ2v) is 10.1. The minimum atomic E-state index is -0.908. The molecule has 2 bridgehead atoms. The van der Waals surface area contributed by atoms with E-state index in [0.29, 0.717) is 5.57 Å². The Morgan fingerprint density at radius 1 is 1.11 bits per heavy atom. The highest BCUT2D eigenvalue weighted by molar-refractivity contribution is 6.05. The molecule has 0 aromatic rings. The zero-order chi connectivity index (χ0) is 19.5. The summed E-state index contributed by atoms with van der Waals surface area (Å²) in [6.45, 7) is 11.6. The monoisotopic (exact) mass is 372 g/mol. The topological polar surface area (TPSA) is 72.8 Å². The summed E-state index contributed by atoms with van der Waals surface area (Å²) in [7, 11) is 0. The molecule has 5 heteroatoms. The van der Waals surface area contributed by atoms with E-state index < -0.39 is 28.8 Å². The number of Topliss-reactive ketones (excluding diaryl/α,β-unsaturated/α-hetero) is 1. The van der Waals surface area contributed by atoms with Crippen LogP contribution in [0.15, 0.2) is 24.3 Å². The van der Waals surface area contributed by atoms with Crippen molar-refractivity contribution in [3.8, 4) is 0 Å². The van der Waals surface area contributed by atoms with Crippen molar-refractivity contribution in [2.45, 2.75) is 64.6 Å². The van der Waals surface area contributed by atoms with Crippen molar-refractivity contribution >= 4 is 11.6 Å². The zero-order valence-corrected chi connectivity index (χ0v) is 16.4. The van der Waals surface area contributed by atoms with Crippen molar-refractivity contribution in [1.29, 1.82) is 0 Å². The van der Waals surface area contributed by atoms with E-state index in [1.807, 2.05) is 33.8 Å². The van der Waals surface area contributed by atoms with Crippen molar-refractivity contribution < 1.29 is 24.2 Å². The molecule has 4 fully saturated rings. The summed E-state index contributed by atoms with van der Waals surface area (Å²) in [6, 6.07) is 0. The van der Waals surface area contributed by atoms with Crippen LogP contribution >= 0.6 is 0 Å². The first kappa shape index (κ1) is 17.8. The lowest BCUT2D eigenvalue weighted by molar-refractivity contribution is -0.385. The van der Waals surface area contributed by atoms with Gasteiger partial charge in [0, 0.05) is 17.3 Å². The lowest BCUT2D eigenvalue weighted by Gasteiger charge is -2.64. The molecule has 1 N–H and O–H groups in total. The summed E-state index contributed by atoms with van der Waals surface area (Å²) in [6.07, 6.45) is 3.40. The number of carbonyl (C=O) groups is 2. The first-order chi connectivity index (χ1) is 12.5. The van der Waals surface area contributed by atoms with Gasteiger partial charge in [-0.25, -0.2) is 0 Å². The Morgan fingerprint density at radius 2 is 1.78 bits per heavy atom. The van der Waals surface area contributed by atoms with Crippen LogP contribution < -0.4 is 0 Å². The van der Waals surface area contributed by atoms with Gasteiger partial charge in [0.2, 0.25) is 0 Å². The van der Waals surface area contributed by atoms with Crippen LogP contribution in [-0.4, -0.2) is 40.8 Å². The van der Waals surface area contributed by atoms with Gasteiger partial charge in [0.25, 0.3) is 0 Å². The number of aliphatic hydroxyl groups is 1. The summed E-state index contributed by atoms with van der Waals surface area (Å²) in [5.74, 6) is -1.21. The van der Waals surface area contributed by atoms with Crippen LogP contribution in [0.2, 0.25) is 0 Å². The first-order valence-corrected chi connectivity index (χ1v) is 10.0. The Balaban J connectivity index is 1.74. The van der Waals surface area contributed by atoms with Gasteiger partial charge in [-0.05, 0) is 50.2 Å². The third kappa shape index (κ3) is 1.86. The summed E-state index contributed by atoms with van der Waals surface area (Å²) in [4.78, 5) is 26.2. The van der Waals surface area contributed by atoms with Crippen molar-refractivity contribution in [3.63, 3.8) is 0 Å². The quantitative estimate of drug-likeness (QED) is 0.661. The normalized spacial score (nSPS) is 51.7. The fourth-order valence-electron chi connectivity index (χ4n) is 7.08. The number of hydrogen-bond donors (Lipinski definition) is 1. The minimum Gasteiger partial charge on any atom is -0.390 e. The van der Waals surface area contributed by atoms with Gasteiger partial charge >= 0.3 is 0 Å². The summed E-state index contributed by atoms with van der Waals surface area (Å²) in [5, 5.41) is 11.5. The molecule has 0 aromatic heterocycles. The fourth-order valence-corrected chi connectivity index (χ4v) is 7.08. The molecule has 27 heavy (non-hydrogen) atoms. The van der Waals surface area contributed by atoms with Gasteiger partial charge in [-0.2, -0.15) is 0 Å². The molecule has 5 nitrogen and oxygen atoms in total. The van der Waals surface area contributed by atoms with E-state index in [2.05, 4.69) is 6.58 Å². The van der Waals surface area contributed by atoms with Crippen LogP contribution in [0.3, 0.4) is 0 Å². The average molecular weight is 372 g/mol. The van der Waals surface area contributed by atoms with Gasteiger partial charge in [0.15, 0.2) is 17.4 Å². The Bertz CT molecular complexity index is 793. The zero-order valence-electron chi connectivity index (χ0n) is 16.4. The minimum absolute atomic E-state index is 0.00102. The molecule has 1 aliphatic heterocycles. The van der Waals surface area contributed by atoms with Crippen molar-refractivity contribution in [3.05, 3.63) is 24.3 Å². The Kier molecular flexibility index (Phi) is 3.29. The number of allylic oxidation sites excluding steroid dienone is 2. The number of ether oxygens (including phenoxy) is 2. The second-order valence-electron chi connectivity index (χ2n) is 10.1. The van der Waals surface area contributed by atoms with E-state index in [1.165, 1.54) is 0 Å². The SMILES string of the molecule is C=C1C(=O)C23C4CCC1C2OC(C)(C)OC3C(O)C1C4C=CC(=O)C1(C)C. The average Bonchev–Trinajstić information content (AvgIpc) is 2.70. The van der Waals surface area contributed by atoms with Crippen molar-refractivity contribution in [1.82, 2.24) is 0 Å².